The Balaban J connectivity index is 2.21. The summed E-state index contributed by atoms with van der Waals surface area (Å²) in [6.07, 6.45) is 6.07. The molecule has 0 aliphatic heterocycles. The summed E-state index contributed by atoms with van der Waals surface area (Å²) in [6, 6.07) is 1.88. The smallest absolute Gasteiger partial charge is 0.120 e. The van der Waals surface area contributed by atoms with Gasteiger partial charge in [0.05, 0.1) is 0 Å². The third-order valence-corrected chi connectivity index (χ3v) is 1.27. The van der Waals surface area contributed by atoms with Crippen LogP contribution < -0.4 is 0 Å². The molecule has 0 amide bonds. The van der Waals surface area contributed by atoms with Gasteiger partial charge in [-0.3, -0.25) is 4.68 Å². The van der Waals surface area contributed by atoms with E-state index in [2.05, 4.69) is 5.10 Å². The molecule has 54 valence electrons. The summed E-state index contributed by atoms with van der Waals surface area (Å²) in [5, 5.41) is 3.99. The highest BCUT2D eigenvalue weighted by Crippen LogP contribution is 1.90. The Morgan fingerprint density at radius 1 is 1.60 bits per heavy atom. The highest BCUT2D eigenvalue weighted by atomic mass is 16.1. The van der Waals surface area contributed by atoms with E-state index >= 15 is 0 Å². The second-order valence-electron chi connectivity index (χ2n) is 2.08. The lowest BCUT2D eigenvalue weighted by molar-refractivity contribution is -0.107. The molecule has 0 N–H and O–H groups in total. The molecule has 0 aromatic carbocycles. The summed E-state index contributed by atoms with van der Waals surface area (Å²) < 4.78 is 1.82. The van der Waals surface area contributed by atoms with Gasteiger partial charge >= 0.3 is 0 Å². The molecule has 0 atom stereocenters. The zero-order valence-corrected chi connectivity index (χ0v) is 5.73. The van der Waals surface area contributed by atoms with E-state index in [-0.39, 0.29) is 0 Å². The predicted molar refractivity (Wildman–Crippen MR) is 37.5 cm³/mol. The third-order valence-electron chi connectivity index (χ3n) is 1.27. The molecule has 10 heavy (non-hydrogen) atoms. The molecule has 0 aliphatic rings. The molecule has 1 rings (SSSR count). The van der Waals surface area contributed by atoms with Crippen LogP contribution in [0.3, 0.4) is 0 Å². The molecule has 0 saturated carbocycles. The van der Waals surface area contributed by atoms with E-state index in [1.165, 1.54) is 0 Å². The first kappa shape index (κ1) is 6.99. The second kappa shape index (κ2) is 3.82. The Bertz CT molecular complexity index is 181. The third kappa shape index (κ3) is 2.01. The highest BCUT2D eigenvalue weighted by molar-refractivity contribution is 5.48. The number of unbranched alkanes of at least 4 members (excludes halogenated alkanes) is 1. The Morgan fingerprint density at radius 2 is 2.50 bits per heavy atom. The lowest BCUT2D eigenvalue weighted by Crippen LogP contribution is -1.97. The van der Waals surface area contributed by atoms with E-state index < -0.39 is 0 Å². The van der Waals surface area contributed by atoms with Crippen molar-refractivity contribution in [1.82, 2.24) is 9.78 Å². The van der Waals surface area contributed by atoms with Crippen molar-refractivity contribution in [1.29, 1.82) is 0 Å². The number of nitrogens with zero attached hydrogens (tertiary/aromatic N) is 2. The van der Waals surface area contributed by atoms with Crippen molar-refractivity contribution in [3.8, 4) is 0 Å². The molecule has 3 heteroatoms. The second-order valence-corrected chi connectivity index (χ2v) is 2.08. The topological polar surface area (TPSA) is 34.9 Å². The average Bonchev–Trinajstić information content (AvgIpc) is 2.41. The van der Waals surface area contributed by atoms with E-state index in [0.717, 1.165) is 19.3 Å². The van der Waals surface area contributed by atoms with Crippen LogP contribution in [0.25, 0.3) is 0 Å². The molecule has 0 fully saturated rings. The van der Waals surface area contributed by atoms with E-state index in [4.69, 9.17) is 0 Å². The Labute approximate surface area is 59.7 Å². The van der Waals surface area contributed by atoms with Crippen LogP contribution in [0, 0.1) is 0 Å². The number of hydrogen-bond donors (Lipinski definition) is 0. The maximum Gasteiger partial charge on any atom is 0.120 e. The van der Waals surface area contributed by atoms with Gasteiger partial charge in [-0.2, -0.15) is 5.10 Å². The van der Waals surface area contributed by atoms with Gasteiger partial charge in [0.2, 0.25) is 0 Å². The molecule has 0 bridgehead atoms. The predicted octanol–water partition coefficient (Wildman–Crippen LogP) is 0.862. The largest absolute Gasteiger partial charge is 0.303 e. The van der Waals surface area contributed by atoms with Gasteiger partial charge in [-0.05, 0) is 12.5 Å². The van der Waals surface area contributed by atoms with Crippen molar-refractivity contribution in [2.45, 2.75) is 19.4 Å². The standard InChI is InChI=1S/C7H10N2O/c10-7-2-1-5-9-6-3-4-8-9/h3-4,6-7H,1-2,5H2. The highest BCUT2D eigenvalue weighted by Gasteiger charge is 1.88. The van der Waals surface area contributed by atoms with E-state index in [9.17, 15) is 4.79 Å². The number of aromatic nitrogens is 2. The van der Waals surface area contributed by atoms with Gasteiger partial charge in [0, 0.05) is 25.4 Å². The summed E-state index contributed by atoms with van der Waals surface area (Å²) in [5.41, 5.74) is 0. The van der Waals surface area contributed by atoms with Crippen LogP contribution in [0.1, 0.15) is 12.8 Å². The Morgan fingerprint density at radius 3 is 3.10 bits per heavy atom. The zero-order valence-electron chi connectivity index (χ0n) is 5.73. The molecule has 0 aliphatic carbocycles. The maximum absolute atomic E-state index is 9.90. The summed E-state index contributed by atoms with van der Waals surface area (Å²) in [6.45, 7) is 0.839. The number of rotatable bonds is 4. The van der Waals surface area contributed by atoms with Gasteiger partial charge in [0.15, 0.2) is 0 Å². The van der Waals surface area contributed by atoms with Crippen molar-refractivity contribution in [2.24, 2.45) is 0 Å². The number of hydrogen-bond acceptors (Lipinski definition) is 2. The number of aldehydes is 1. The van der Waals surface area contributed by atoms with Crippen molar-refractivity contribution >= 4 is 6.29 Å². The quantitative estimate of drug-likeness (QED) is 0.457. The fourth-order valence-electron chi connectivity index (χ4n) is 0.769. The van der Waals surface area contributed by atoms with E-state index in [1.807, 2.05) is 16.9 Å². The number of carbonyl (C=O) groups is 1. The minimum atomic E-state index is 0.625. The first-order valence-corrected chi connectivity index (χ1v) is 3.34. The molecular formula is C7H10N2O. The lowest BCUT2D eigenvalue weighted by atomic mass is 10.3. The fourth-order valence-corrected chi connectivity index (χ4v) is 0.769. The van der Waals surface area contributed by atoms with E-state index in [1.54, 1.807) is 6.20 Å². The van der Waals surface area contributed by atoms with Gasteiger partial charge in [-0.25, -0.2) is 0 Å². The molecule has 1 heterocycles. The van der Waals surface area contributed by atoms with Crippen LogP contribution in [0.2, 0.25) is 0 Å². The SMILES string of the molecule is O=CCCCn1cccn1. The number of carbonyl (C=O) groups excluding carboxylic acids is 1. The van der Waals surface area contributed by atoms with Crippen LogP contribution in [0.5, 0.6) is 0 Å². The van der Waals surface area contributed by atoms with Crippen LogP contribution in [0.15, 0.2) is 18.5 Å². The van der Waals surface area contributed by atoms with Gasteiger partial charge in [-0.1, -0.05) is 0 Å². The summed E-state index contributed by atoms with van der Waals surface area (Å²) in [5.74, 6) is 0. The van der Waals surface area contributed by atoms with Gasteiger partial charge in [-0.15, -0.1) is 0 Å². The van der Waals surface area contributed by atoms with Crippen LogP contribution in [-0.4, -0.2) is 16.1 Å². The molecule has 3 nitrogen and oxygen atoms in total. The summed E-state index contributed by atoms with van der Waals surface area (Å²) in [4.78, 5) is 9.90. The van der Waals surface area contributed by atoms with Gasteiger partial charge in [0.25, 0.3) is 0 Å². The van der Waals surface area contributed by atoms with Gasteiger partial charge in [0.1, 0.15) is 6.29 Å². The van der Waals surface area contributed by atoms with E-state index in [0.29, 0.717) is 6.42 Å². The van der Waals surface area contributed by atoms with Crippen molar-refractivity contribution < 1.29 is 4.79 Å². The van der Waals surface area contributed by atoms with Crippen LogP contribution in [-0.2, 0) is 11.3 Å². The first-order valence-electron chi connectivity index (χ1n) is 3.34. The zero-order chi connectivity index (χ0) is 7.23. The summed E-state index contributed by atoms with van der Waals surface area (Å²) >= 11 is 0. The van der Waals surface area contributed by atoms with Crippen molar-refractivity contribution in [3.05, 3.63) is 18.5 Å². The molecule has 1 aromatic rings. The first-order chi connectivity index (χ1) is 4.93. The van der Waals surface area contributed by atoms with Gasteiger partial charge < -0.3 is 4.79 Å². The minimum absolute atomic E-state index is 0.625. The molecule has 0 radical (unpaired) electrons. The molecule has 1 aromatic heterocycles. The molecular weight excluding hydrogens is 128 g/mol. The van der Waals surface area contributed by atoms with Crippen LogP contribution >= 0.6 is 0 Å². The summed E-state index contributed by atoms with van der Waals surface area (Å²) in [7, 11) is 0. The minimum Gasteiger partial charge on any atom is -0.303 e. The van der Waals surface area contributed by atoms with Crippen LogP contribution in [0.4, 0.5) is 0 Å². The Hall–Kier alpha value is -1.12. The average molecular weight is 138 g/mol. The molecule has 0 spiro atoms. The lowest BCUT2D eigenvalue weighted by Gasteiger charge is -1.95. The monoisotopic (exact) mass is 138 g/mol. The van der Waals surface area contributed by atoms with Crippen molar-refractivity contribution in [2.75, 3.05) is 0 Å². The number of aryl methyl sites for hydroxylation is 1. The normalized spacial score (nSPS) is 9.60. The van der Waals surface area contributed by atoms with Crippen molar-refractivity contribution in [3.63, 3.8) is 0 Å². The molecule has 0 unspecified atom stereocenters. The molecule has 0 saturated heterocycles. The Kier molecular flexibility index (Phi) is 2.67. The fraction of sp³-hybridized carbons (Fsp3) is 0.429. The maximum atomic E-state index is 9.90.